The monoisotopic (exact) mass is 295 g/mol. The van der Waals surface area contributed by atoms with Crippen LogP contribution in [0.4, 0.5) is 5.82 Å². The Labute approximate surface area is 128 Å². The van der Waals surface area contributed by atoms with E-state index in [2.05, 4.69) is 36.1 Å². The van der Waals surface area contributed by atoms with Crippen LogP contribution >= 0.6 is 0 Å². The number of hydrogen-bond acceptors (Lipinski definition) is 5. The fourth-order valence-electron chi connectivity index (χ4n) is 1.91. The Bertz CT molecular complexity index is 397. The number of ether oxygens (including phenoxy) is 2. The molecular formula is C16H29N3O2. The quantitative estimate of drug-likeness (QED) is 0.635. The fraction of sp³-hybridized carbons (Fsp3) is 0.750. The van der Waals surface area contributed by atoms with Crippen molar-refractivity contribution in [1.82, 2.24) is 9.97 Å². The Morgan fingerprint density at radius 3 is 2.67 bits per heavy atom. The first kappa shape index (κ1) is 17.7. The Morgan fingerprint density at radius 1 is 1.19 bits per heavy atom. The molecule has 120 valence electrons. The van der Waals surface area contributed by atoms with E-state index in [0.29, 0.717) is 25.0 Å². The lowest BCUT2D eigenvalue weighted by molar-refractivity contribution is 0.143. The molecule has 1 aromatic heterocycles. The highest BCUT2D eigenvalue weighted by Gasteiger charge is 2.07. The van der Waals surface area contributed by atoms with Gasteiger partial charge >= 0.3 is 0 Å². The van der Waals surface area contributed by atoms with Gasteiger partial charge in [-0.15, -0.1) is 0 Å². The molecule has 0 unspecified atom stereocenters. The zero-order valence-corrected chi connectivity index (χ0v) is 13.8. The zero-order valence-electron chi connectivity index (χ0n) is 13.8. The third kappa shape index (κ3) is 7.85. The fourth-order valence-corrected chi connectivity index (χ4v) is 1.91. The van der Waals surface area contributed by atoms with Crippen LogP contribution in [0.3, 0.4) is 0 Å². The lowest BCUT2D eigenvalue weighted by atomic mass is 10.1. The number of nitrogens with zero attached hydrogens (tertiary/aromatic N) is 2. The highest BCUT2D eigenvalue weighted by molar-refractivity contribution is 5.38. The first-order valence-corrected chi connectivity index (χ1v) is 7.89. The summed E-state index contributed by atoms with van der Waals surface area (Å²) in [7, 11) is 1.66. The number of anilines is 1. The summed E-state index contributed by atoms with van der Waals surface area (Å²) >= 11 is 0. The van der Waals surface area contributed by atoms with Gasteiger partial charge in [0, 0.05) is 26.1 Å². The second-order valence-corrected chi connectivity index (χ2v) is 5.58. The molecule has 0 spiro atoms. The minimum atomic E-state index is 0.504. The lowest BCUT2D eigenvalue weighted by Crippen LogP contribution is -2.11. The predicted molar refractivity (Wildman–Crippen MR) is 86.0 cm³/mol. The van der Waals surface area contributed by atoms with Crippen molar-refractivity contribution >= 4 is 5.82 Å². The van der Waals surface area contributed by atoms with E-state index in [1.807, 2.05) is 6.07 Å². The Kier molecular flexibility index (Phi) is 8.74. The molecule has 0 aliphatic carbocycles. The van der Waals surface area contributed by atoms with Gasteiger partial charge < -0.3 is 14.8 Å². The summed E-state index contributed by atoms with van der Waals surface area (Å²) in [5.41, 5.74) is 0. The summed E-state index contributed by atoms with van der Waals surface area (Å²) < 4.78 is 10.6. The summed E-state index contributed by atoms with van der Waals surface area (Å²) in [4.78, 5) is 9.03. The number of rotatable bonds is 11. The standard InChI is InChI=1S/C16H29N3O2/c1-5-6-7-8-17-14-12-16(21-10-9-20-4)19-15(18-14)11-13(2)3/h12-13H,5-11H2,1-4H3,(H,17,18,19). The summed E-state index contributed by atoms with van der Waals surface area (Å²) in [6.07, 6.45) is 4.45. The van der Waals surface area contributed by atoms with Gasteiger partial charge in [0.1, 0.15) is 18.2 Å². The van der Waals surface area contributed by atoms with Crippen LogP contribution in [0.15, 0.2) is 6.07 Å². The Hall–Kier alpha value is -1.36. The molecule has 0 aliphatic heterocycles. The van der Waals surface area contributed by atoms with Crippen LogP contribution in [0.25, 0.3) is 0 Å². The molecule has 1 heterocycles. The number of methoxy groups -OCH3 is 1. The molecule has 0 saturated heterocycles. The summed E-state index contributed by atoms with van der Waals surface area (Å²) in [5.74, 6) is 2.82. The number of hydrogen-bond donors (Lipinski definition) is 1. The second kappa shape index (κ2) is 10.4. The topological polar surface area (TPSA) is 56.3 Å². The van der Waals surface area contributed by atoms with Gasteiger partial charge in [0.2, 0.25) is 5.88 Å². The van der Waals surface area contributed by atoms with Crippen molar-refractivity contribution < 1.29 is 9.47 Å². The average molecular weight is 295 g/mol. The normalized spacial score (nSPS) is 10.9. The molecule has 1 N–H and O–H groups in total. The maximum Gasteiger partial charge on any atom is 0.218 e. The molecule has 0 fully saturated rings. The largest absolute Gasteiger partial charge is 0.475 e. The first-order chi connectivity index (χ1) is 10.2. The van der Waals surface area contributed by atoms with E-state index in [1.165, 1.54) is 12.8 Å². The number of unbranched alkanes of at least 4 members (excludes halogenated alkanes) is 2. The van der Waals surface area contributed by atoms with E-state index in [4.69, 9.17) is 9.47 Å². The average Bonchev–Trinajstić information content (AvgIpc) is 2.43. The number of aromatic nitrogens is 2. The van der Waals surface area contributed by atoms with Gasteiger partial charge in [0.25, 0.3) is 0 Å². The van der Waals surface area contributed by atoms with Crippen LogP contribution in [-0.4, -0.2) is 36.8 Å². The van der Waals surface area contributed by atoms with Crippen molar-refractivity contribution in [2.45, 2.75) is 46.5 Å². The molecule has 0 amide bonds. The van der Waals surface area contributed by atoms with E-state index in [1.54, 1.807) is 7.11 Å². The minimum Gasteiger partial charge on any atom is -0.475 e. The third-order valence-corrected chi connectivity index (χ3v) is 2.96. The van der Waals surface area contributed by atoms with E-state index in [-0.39, 0.29) is 0 Å². The molecule has 0 aromatic carbocycles. The Balaban J connectivity index is 2.67. The SMILES string of the molecule is CCCCCNc1cc(OCCOC)nc(CC(C)C)n1. The van der Waals surface area contributed by atoms with Gasteiger partial charge in [0.15, 0.2) is 0 Å². The smallest absolute Gasteiger partial charge is 0.218 e. The molecule has 1 rings (SSSR count). The van der Waals surface area contributed by atoms with Crippen LogP contribution < -0.4 is 10.1 Å². The summed E-state index contributed by atoms with van der Waals surface area (Å²) in [6, 6.07) is 1.87. The highest BCUT2D eigenvalue weighted by Crippen LogP contribution is 2.16. The van der Waals surface area contributed by atoms with Gasteiger partial charge in [-0.1, -0.05) is 33.6 Å². The van der Waals surface area contributed by atoms with Crippen molar-refractivity contribution in [2.24, 2.45) is 5.92 Å². The van der Waals surface area contributed by atoms with Crippen LogP contribution in [0.1, 0.15) is 45.9 Å². The van der Waals surface area contributed by atoms with E-state index in [0.717, 1.165) is 31.0 Å². The Morgan fingerprint density at radius 2 is 2.00 bits per heavy atom. The highest BCUT2D eigenvalue weighted by atomic mass is 16.5. The van der Waals surface area contributed by atoms with Crippen LogP contribution in [0.5, 0.6) is 5.88 Å². The molecule has 21 heavy (non-hydrogen) atoms. The zero-order chi connectivity index (χ0) is 15.5. The first-order valence-electron chi connectivity index (χ1n) is 7.89. The van der Waals surface area contributed by atoms with Gasteiger partial charge in [0.05, 0.1) is 6.61 Å². The molecule has 1 aromatic rings. The van der Waals surface area contributed by atoms with Crippen molar-refractivity contribution in [2.75, 3.05) is 32.2 Å². The van der Waals surface area contributed by atoms with Crippen LogP contribution in [0.2, 0.25) is 0 Å². The maximum absolute atomic E-state index is 5.62. The van der Waals surface area contributed by atoms with Crippen molar-refractivity contribution in [3.63, 3.8) is 0 Å². The second-order valence-electron chi connectivity index (χ2n) is 5.58. The molecule has 5 heteroatoms. The van der Waals surface area contributed by atoms with Crippen molar-refractivity contribution in [3.8, 4) is 5.88 Å². The lowest BCUT2D eigenvalue weighted by Gasteiger charge is -2.11. The van der Waals surface area contributed by atoms with E-state index >= 15 is 0 Å². The molecule has 0 saturated carbocycles. The molecule has 0 radical (unpaired) electrons. The molecule has 0 atom stereocenters. The molecular weight excluding hydrogens is 266 g/mol. The van der Waals surface area contributed by atoms with Gasteiger partial charge in [-0.05, 0) is 12.3 Å². The third-order valence-electron chi connectivity index (χ3n) is 2.96. The van der Waals surface area contributed by atoms with Crippen molar-refractivity contribution in [3.05, 3.63) is 11.9 Å². The van der Waals surface area contributed by atoms with Gasteiger partial charge in [-0.25, -0.2) is 4.98 Å². The van der Waals surface area contributed by atoms with Crippen molar-refractivity contribution in [1.29, 1.82) is 0 Å². The molecule has 5 nitrogen and oxygen atoms in total. The van der Waals surface area contributed by atoms with Crippen LogP contribution in [0, 0.1) is 5.92 Å². The van der Waals surface area contributed by atoms with Crippen LogP contribution in [-0.2, 0) is 11.2 Å². The van der Waals surface area contributed by atoms with E-state index in [9.17, 15) is 0 Å². The molecule has 0 aliphatic rings. The molecule has 0 bridgehead atoms. The maximum atomic E-state index is 5.62. The minimum absolute atomic E-state index is 0.504. The summed E-state index contributed by atoms with van der Waals surface area (Å²) in [6.45, 7) is 8.52. The predicted octanol–water partition coefficient (Wildman–Crippen LogP) is 3.30. The number of nitrogens with one attached hydrogen (secondary N) is 1. The van der Waals surface area contributed by atoms with Gasteiger partial charge in [-0.2, -0.15) is 4.98 Å². The van der Waals surface area contributed by atoms with E-state index < -0.39 is 0 Å². The van der Waals surface area contributed by atoms with Gasteiger partial charge in [-0.3, -0.25) is 0 Å². The summed E-state index contributed by atoms with van der Waals surface area (Å²) in [5, 5.41) is 3.36.